The minimum Gasteiger partial charge on any atom is -0.354 e. The van der Waals surface area contributed by atoms with E-state index in [1.54, 1.807) is 16.4 Å². The number of hydrogen-bond donors (Lipinski definition) is 1. The normalized spacial score (nSPS) is 11.1. The molecule has 2 heterocycles. The highest BCUT2D eigenvalue weighted by Crippen LogP contribution is 2.21. The van der Waals surface area contributed by atoms with Gasteiger partial charge in [-0.1, -0.05) is 30.3 Å². The number of carbonyl (C=O) groups is 1. The summed E-state index contributed by atoms with van der Waals surface area (Å²) in [5, 5.41) is 12.5. The summed E-state index contributed by atoms with van der Waals surface area (Å²) in [6.07, 6.45) is 2.76. The summed E-state index contributed by atoms with van der Waals surface area (Å²) in [6, 6.07) is 17.9. The second-order valence-corrected chi connectivity index (χ2v) is 8.43. The molecular weight excluding hydrogens is 422 g/mol. The van der Waals surface area contributed by atoms with Crippen LogP contribution >= 0.6 is 11.8 Å². The van der Waals surface area contributed by atoms with Crippen LogP contribution in [0, 0.1) is 13.8 Å². The summed E-state index contributed by atoms with van der Waals surface area (Å²) in [7, 11) is 0. The number of benzene rings is 2. The predicted molar refractivity (Wildman–Crippen MR) is 128 cm³/mol. The zero-order valence-electron chi connectivity index (χ0n) is 18.3. The van der Waals surface area contributed by atoms with Gasteiger partial charge in [0.1, 0.15) is 6.54 Å². The fourth-order valence-electron chi connectivity index (χ4n) is 3.74. The molecule has 0 atom stereocenters. The third kappa shape index (κ3) is 4.45. The lowest BCUT2D eigenvalue weighted by molar-refractivity contribution is -0.121. The van der Waals surface area contributed by atoms with Crippen molar-refractivity contribution in [2.45, 2.75) is 31.7 Å². The van der Waals surface area contributed by atoms with Gasteiger partial charge in [-0.25, -0.2) is 9.36 Å². The molecule has 7 nitrogen and oxygen atoms in total. The van der Waals surface area contributed by atoms with Crippen molar-refractivity contribution in [3.05, 3.63) is 81.9 Å². The molecule has 164 valence electrons. The van der Waals surface area contributed by atoms with E-state index in [-0.39, 0.29) is 18.0 Å². The molecule has 0 radical (unpaired) electrons. The molecule has 0 aliphatic rings. The molecule has 2 aromatic carbocycles. The van der Waals surface area contributed by atoms with Crippen molar-refractivity contribution in [1.82, 2.24) is 24.9 Å². The molecule has 32 heavy (non-hydrogen) atoms. The van der Waals surface area contributed by atoms with E-state index in [0.29, 0.717) is 17.8 Å². The first-order valence-electron chi connectivity index (χ1n) is 10.4. The van der Waals surface area contributed by atoms with Gasteiger partial charge in [-0.15, -0.1) is 11.8 Å². The smallest absolute Gasteiger partial charge is 0.295 e. The molecule has 0 fully saturated rings. The predicted octanol–water partition coefficient (Wildman–Crippen LogP) is 3.28. The summed E-state index contributed by atoms with van der Waals surface area (Å²) < 4.78 is 2.94. The van der Waals surface area contributed by atoms with E-state index < -0.39 is 0 Å². The van der Waals surface area contributed by atoms with Crippen LogP contribution in [-0.4, -0.2) is 38.3 Å². The molecule has 0 aliphatic carbocycles. The van der Waals surface area contributed by atoms with Gasteiger partial charge in [0.05, 0.1) is 22.5 Å². The van der Waals surface area contributed by atoms with Crippen LogP contribution in [0.1, 0.15) is 17.0 Å². The molecule has 0 spiro atoms. The van der Waals surface area contributed by atoms with E-state index in [1.807, 2.05) is 50.4 Å². The number of amides is 1. The van der Waals surface area contributed by atoms with Crippen LogP contribution in [0.5, 0.6) is 0 Å². The number of rotatable bonds is 7. The van der Waals surface area contributed by atoms with Crippen molar-refractivity contribution >= 4 is 28.6 Å². The third-order valence-corrected chi connectivity index (χ3v) is 6.12. The number of aryl methyl sites for hydroxylation is 2. The summed E-state index contributed by atoms with van der Waals surface area (Å²) in [5.74, 6) is -0.252. The number of para-hydroxylation sites is 1. The number of aromatic nitrogens is 4. The summed E-state index contributed by atoms with van der Waals surface area (Å²) in [6.45, 7) is 4.10. The van der Waals surface area contributed by atoms with Crippen LogP contribution < -0.4 is 10.9 Å². The second kappa shape index (κ2) is 9.40. The highest BCUT2D eigenvalue weighted by atomic mass is 32.2. The van der Waals surface area contributed by atoms with E-state index in [2.05, 4.69) is 39.8 Å². The molecule has 0 saturated heterocycles. The zero-order chi connectivity index (χ0) is 22.7. The molecule has 8 heteroatoms. The van der Waals surface area contributed by atoms with Gasteiger partial charge in [0, 0.05) is 11.4 Å². The number of carbonyl (C=O) groups excluding carboxylic acids is 1. The monoisotopic (exact) mass is 447 g/mol. The van der Waals surface area contributed by atoms with Crippen molar-refractivity contribution in [2.75, 3.05) is 12.8 Å². The average Bonchev–Trinajstić information content (AvgIpc) is 3.16. The van der Waals surface area contributed by atoms with Crippen LogP contribution in [0.3, 0.4) is 0 Å². The minimum atomic E-state index is -0.369. The maximum absolute atomic E-state index is 13.0. The van der Waals surface area contributed by atoms with Crippen molar-refractivity contribution < 1.29 is 4.79 Å². The van der Waals surface area contributed by atoms with Crippen molar-refractivity contribution in [1.29, 1.82) is 0 Å². The molecule has 0 aliphatic heterocycles. The van der Waals surface area contributed by atoms with E-state index in [9.17, 15) is 9.59 Å². The molecule has 0 bridgehead atoms. The first-order valence-corrected chi connectivity index (χ1v) is 11.6. The Morgan fingerprint density at radius 1 is 1.03 bits per heavy atom. The van der Waals surface area contributed by atoms with Crippen molar-refractivity contribution in [2.24, 2.45) is 0 Å². The van der Waals surface area contributed by atoms with Crippen LogP contribution in [0.25, 0.3) is 16.6 Å². The van der Waals surface area contributed by atoms with Gasteiger partial charge in [0.15, 0.2) is 5.52 Å². The Bertz CT molecular complexity index is 1310. The van der Waals surface area contributed by atoms with Gasteiger partial charge >= 0.3 is 0 Å². The molecule has 1 amide bonds. The van der Waals surface area contributed by atoms with Gasteiger partial charge in [0.25, 0.3) is 5.56 Å². The Balaban J connectivity index is 1.49. The SMILES string of the molecule is CSc1ccc(CCNC(=O)Cn2nc(C)c3c(C)n(-c4ccccc4)nc3c2=O)cc1. The molecule has 0 saturated carbocycles. The molecule has 2 aromatic heterocycles. The first-order chi connectivity index (χ1) is 15.5. The number of nitrogens with one attached hydrogen (secondary N) is 1. The zero-order valence-corrected chi connectivity index (χ0v) is 19.1. The number of fused-ring (bicyclic) bond motifs is 1. The number of thioether (sulfide) groups is 1. The molecule has 4 aromatic rings. The lowest BCUT2D eigenvalue weighted by atomic mass is 10.1. The van der Waals surface area contributed by atoms with Gasteiger partial charge < -0.3 is 5.32 Å². The largest absolute Gasteiger partial charge is 0.354 e. The Hall–Kier alpha value is -3.39. The van der Waals surface area contributed by atoms with E-state index >= 15 is 0 Å². The summed E-state index contributed by atoms with van der Waals surface area (Å²) in [4.78, 5) is 26.7. The Kier molecular flexibility index (Phi) is 6.41. The van der Waals surface area contributed by atoms with Crippen molar-refractivity contribution in [3.8, 4) is 5.69 Å². The van der Waals surface area contributed by atoms with Crippen LogP contribution in [0.4, 0.5) is 0 Å². The van der Waals surface area contributed by atoms with E-state index in [0.717, 1.165) is 28.8 Å². The molecule has 0 unspecified atom stereocenters. The van der Waals surface area contributed by atoms with Gasteiger partial charge in [-0.2, -0.15) is 10.2 Å². The van der Waals surface area contributed by atoms with Gasteiger partial charge in [-0.3, -0.25) is 9.59 Å². The van der Waals surface area contributed by atoms with Crippen LogP contribution in [-0.2, 0) is 17.8 Å². The molecular formula is C24H25N5O2S. The van der Waals surface area contributed by atoms with Crippen LogP contribution in [0.2, 0.25) is 0 Å². The Labute approximate surface area is 190 Å². The lowest BCUT2D eigenvalue weighted by Crippen LogP contribution is -2.35. The van der Waals surface area contributed by atoms with E-state index in [4.69, 9.17) is 0 Å². The van der Waals surface area contributed by atoms with E-state index in [1.165, 1.54) is 9.58 Å². The van der Waals surface area contributed by atoms with Crippen molar-refractivity contribution in [3.63, 3.8) is 0 Å². The highest BCUT2D eigenvalue weighted by Gasteiger charge is 2.18. The second-order valence-electron chi connectivity index (χ2n) is 7.55. The standard InChI is InChI=1S/C24H25N5O2S/c1-16-22-17(2)29(19-7-5-4-6-8-19)27-23(22)24(31)28(26-16)15-21(30)25-14-13-18-9-11-20(32-3)12-10-18/h4-12H,13-15H2,1-3H3,(H,25,30). The molecule has 1 N–H and O–H groups in total. The fraction of sp³-hybridized carbons (Fsp3) is 0.250. The average molecular weight is 448 g/mol. The van der Waals surface area contributed by atoms with Gasteiger partial charge in [-0.05, 0) is 56.4 Å². The topological polar surface area (TPSA) is 81.8 Å². The minimum absolute atomic E-state index is 0.141. The fourth-order valence-corrected chi connectivity index (χ4v) is 4.15. The number of hydrogen-bond acceptors (Lipinski definition) is 5. The highest BCUT2D eigenvalue weighted by molar-refractivity contribution is 7.98. The summed E-state index contributed by atoms with van der Waals surface area (Å²) in [5.41, 5.74) is 3.48. The maximum Gasteiger partial charge on any atom is 0.295 e. The quantitative estimate of drug-likeness (QED) is 0.440. The van der Waals surface area contributed by atoms with Crippen LogP contribution in [0.15, 0.2) is 64.3 Å². The lowest BCUT2D eigenvalue weighted by Gasteiger charge is -2.08. The van der Waals surface area contributed by atoms with Gasteiger partial charge in [0.2, 0.25) is 5.91 Å². The molecule has 4 rings (SSSR count). The Morgan fingerprint density at radius 3 is 2.44 bits per heavy atom. The first kappa shape index (κ1) is 21.8. The Morgan fingerprint density at radius 2 is 1.75 bits per heavy atom. The summed E-state index contributed by atoms with van der Waals surface area (Å²) >= 11 is 1.70. The third-order valence-electron chi connectivity index (χ3n) is 5.37. The maximum atomic E-state index is 13.0. The number of nitrogens with zero attached hydrogens (tertiary/aromatic N) is 4.